The summed E-state index contributed by atoms with van der Waals surface area (Å²) in [6, 6.07) is 0.520. The third-order valence-electron chi connectivity index (χ3n) is 3.45. The molecule has 1 fully saturated rings. The van der Waals surface area contributed by atoms with Crippen LogP contribution in [0.4, 0.5) is 0 Å². The number of aliphatic imine (C=N–C) groups is 1. The summed E-state index contributed by atoms with van der Waals surface area (Å²) < 4.78 is 5.46. The van der Waals surface area contributed by atoms with Crippen LogP contribution in [0.15, 0.2) is 4.99 Å². The number of hydrogen-bond donors (Lipinski definition) is 2. The van der Waals surface area contributed by atoms with Crippen LogP contribution < -0.4 is 10.6 Å². The lowest BCUT2D eigenvalue weighted by atomic mass is 10.0. The fraction of sp³-hybridized carbons (Fsp3) is 0.933. The molecule has 5 nitrogen and oxygen atoms in total. The van der Waals surface area contributed by atoms with E-state index >= 15 is 0 Å². The number of morpholine rings is 1. The van der Waals surface area contributed by atoms with E-state index in [-0.39, 0.29) is 0 Å². The lowest BCUT2D eigenvalue weighted by molar-refractivity contribution is 0.0143. The molecule has 2 N–H and O–H groups in total. The van der Waals surface area contributed by atoms with Gasteiger partial charge in [-0.15, -0.1) is 0 Å². The molecule has 0 spiro atoms. The minimum Gasteiger partial charge on any atom is -0.379 e. The Morgan fingerprint density at radius 1 is 1.15 bits per heavy atom. The second kappa shape index (κ2) is 10.00. The molecule has 5 heteroatoms. The Morgan fingerprint density at radius 2 is 1.75 bits per heavy atom. The molecule has 0 radical (unpaired) electrons. The average molecular weight is 284 g/mol. The molecule has 0 bridgehead atoms. The standard InChI is InChI=1S/C15H32N4O/c1-5-16-15(17-6-2)18-12-14(11-13(3)4)19-7-9-20-10-8-19/h13-14H,5-12H2,1-4H3,(H2,16,17,18). The molecule has 0 aromatic rings. The predicted octanol–water partition coefficient (Wildman–Crippen LogP) is 1.31. The number of guanidine groups is 1. The van der Waals surface area contributed by atoms with Crippen molar-refractivity contribution >= 4 is 5.96 Å². The maximum Gasteiger partial charge on any atom is 0.191 e. The molecular formula is C15H32N4O. The zero-order valence-electron chi connectivity index (χ0n) is 13.6. The molecule has 1 aliphatic rings. The molecule has 1 aliphatic heterocycles. The fourth-order valence-corrected chi connectivity index (χ4v) is 2.53. The van der Waals surface area contributed by atoms with Crippen molar-refractivity contribution in [2.24, 2.45) is 10.9 Å². The van der Waals surface area contributed by atoms with Gasteiger partial charge in [0.25, 0.3) is 0 Å². The first-order chi connectivity index (χ1) is 9.67. The van der Waals surface area contributed by atoms with E-state index < -0.39 is 0 Å². The largest absolute Gasteiger partial charge is 0.379 e. The van der Waals surface area contributed by atoms with E-state index in [4.69, 9.17) is 9.73 Å². The van der Waals surface area contributed by atoms with Crippen LogP contribution >= 0.6 is 0 Å². The van der Waals surface area contributed by atoms with Crippen LogP contribution in [-0.4, -0.2) is 62.8 Å². The third-order valence-corrected chi connectivity index (χ3v) is 3.45. The third kappa shape index (κ3) is 6.57. The van der Waals surface area contributed by atoms with Gasteiger partial charge in [-0.1, -0.05) is 13.8 Å². The average Bonchev–Trinajstić information content (AvgIpc) is 2.44. The van der Waals surface area contributed by atoms with Gasteiger partial charge in [0.05, 0.1) is 19.8 Å². The summed E-state index contributed by atoms with van der Waals surface area (Å²) in [7, 11) is 0. The highest BCUT2D eigenvalue weighted by molar-refractivity contribution is 5.79. The Bertz CT molecular complexity index is 267. The molecule has 1 heterocycles. The first kappa shape index (κ1) is 17.2. The van der Waals surface area contributed by atoms with Crippen molar-refractivity contribution in [3.05, 3.63) is 0 Å². The van der Waals surface area contributed by atoms with Crippen molar-refractivity contribution < 1.29 is 4.74 Å². The monoisotopic (exact) mass is 284 g/mol. The second-order valence-corrected chi connectivity index (χ2v) is 5.68. The maximum atomic E-state index is 5.46. The predicted molar refractivity (Wildman–Crippen MR) is 85.3 cm³/mol. The van der Waals surface area contributed by atoms with E-state index in [0.29, 0.717) is 12.0 Å². The van der Waals surface area contributed by atoms with Gasteiger partial charge in [0, 0.05) is 32.2 Å². The topological polar surface area (TPSA) is 48.9 Å². The van der Waals surface area contributed by atoms with Crippen molar-refractivity contribution in [3.8, 4) is 0 Å². The van der Waals surface area contributed by atoms with Crippen molar-refractivity contribution in [2.45, 2.75) is 40.2 Å². The smallest absolute Gasteiger partial charge is 0.191 e. The summed E-state index contributed by atoms with van der Waals surface area (Å²) in [5.41, 5.74) is 0. The summed E-state index contributed by atoms with van der Waals surface area (Å²) in [5, 5.41) is 6.58. The van der Waals surface area contributed by atoms with Crippen LogP contribution in [0.2, 0.25) is 0 Å². The molecular weight excluding hydrogens is 252 g/mol. The number of nitrogens with zero attached hydrogens (tertiary/aromatic N) is 2. The molecule has 118 valence electrons. The van der Waals surface area contributed by atoms with Gasteiger partial charge in [-0.05, 0) is 26.2 Å². The minimum atomic E-state index is 0.520. The Balaban J connectivity index is 2.59. The Morgan fingerprint density at radius 3 is 2.25 bits per heavy atom. The highest BCUT2D eigenvalue weighted by Gasteiger charge is 2.21. The molecule has 20 heavy (non-hydrogen) atoms. The lowest BCUT2D eigenvalue weighted by Gasteiger charge is -2.34. The van der Waals surface area contributed by atoms with Crippen LogP contribution in [0, 0.1) is 5.92 Å². The van der Waals surface area contributed by atoms with Gasteiger partial charge < -0.3 is 15.4 Å². The normalized spacial score (nSPS) is 17.9. The van der Waals surface area contributed by atoms with Crippen LogP contribution in [0.3, 0.4) is 0 Å². The van der Waals surface area contributed by atoms with Gasteiger partial charge in [0.1, 0.15) is 0 Å². The molecule has 1 unspecified atom stereocenters. The molecule has 1 saturated heterocycles. The Labute approximate surface area is 124 Å². The summed E-state index contributed by atoms with van der Waals surface area (Å²) in [6.07, 6.45) is 1.19. The van der Waals surface area contributed by atoms with Gasteiger partial charge in [-0.25, -0.2) is 0 Å². The molecule has 1 rings (SSSR count). The van der Waals surface area contributed by atoms with E-state index in [1.54, 1.807) is 0 Å². The lowest BCUT2D eigenvalue weighted by Crippen LogP contribution is -2.46. The van der Waals surface area contributed by atoms with Crippen molar-refractivity contribution in [2.75, 3.05) is 45.9 Å². The SMILES string of the molecule is CCNC(=NCC(CC(C)C)N1CCOCC1)NCC. The molecule has 0 amide bonds. The van der Waals surface area contributed by atoms with E-state index in [1.165, 1.54) is 6.42 Å². The Hall–Kier alpha value is -0.810. The molecule has 0 aromatic heterocycles. The van der Waals surface area contributed by atoms with Crippen molar-refractivity contribution in [1.82, 2.24) is 15.5 Å². The number of rotatable bonds is 7. The molecule has 0 aliphatic carbocycles. The Kier molecular flexibility index (Phi) is 8.62. The summed E-state index contributed by atoms with van der Waals surface area (Å²) in [4.78, 5) is 7.27. The number of hydrogen-bond acceptors (Lipinski definition) is 3. The van der Waals surface area contributed by atoms with Crippen molar-refractivity contribution in [1.29, 1.82) is 0 Å². The van der Waals surface area contributed by atoms with Gasteiger partial charge in [-0.3, -0.25) is 9.89 Å². The molecule has 1 atom stereocenters. The van der Waals surface area contributed by atoms with Gasteiger partial charge >= 0.3 is 0 Å². The summed E-state index contributed by atoms with van der Waals surface area (Å²) in [6.45, 7) is 15.2. The highest BCUT2D eigenvalue weighted by atomic mass is 16.5. The van der Waals surface area contributed by atoms with E-state index in [9.17, 15) is 0 Å². The fourth-order valence-electron chi connectivity index (χ4n) is 2.53. The molecule has 0 saturated carbocycles. The van der Waals surface area contributed by atoms with Crippen molar-refractivity contribution in [3.63, 3.8) is 0 Å². The molecule has 0 aromatic carbocycles. The quantitative estimate of drug-likeness (QED) is 0.547. The van der Waals surface area contributed by atoms with Crippen LogP contribution in [0.25, 0.3) is 0 Å². The summed E-state index contributed by atoms with van der Waals surface area (Å²) in [5.74, 6) is 1.62. The van der Waals surface area contributed by atoms with Crippen LogP contribution in [-0.2, 0) is 4.74 Å². The summed E-state index contributed by atoms with van der Waals surface area (Å²) >= 11 is 0. The van der Waals surface area contributed by atoms with Gasteiger partial charge in [-0.2, -0.15) is 0 Å². The highest BCUT2D eigenvalue weighted by Crippen LogP contribution is 2.13. The first-order valence-corrected chi connectivity index (χ1v) is 8.01. The maximum absolute atomic E-state index is 5.46. The second-order valence-electron chi connectivity index (χ2n) is 5.68. The van der Waals surface area contributed by atoms with E-state index in [0.717, 1.165) is 51.9 Å². The van der Waals surface area contributed by atoms with Gasteiger partial charge in [0.2, 0.25) is 0 Å². The first-order valence-electron chi connectivity index (χ1n) is 8.01. The van der Waals surface area contributed by atoms with Crippen LogP contribution in [0.1, 0.15) is 34.1 Å². The number of ether oxygens (including phenoxy) is 1. The van der Waals surface area contributed by atoms with Crippen LogP contribution in [0.5, 0.6) is 0 Å². The van der Waals surface area contributed by atoms with Gasteiger partial charge in [0.15, 0.2) is 5.96 Å². The number of nitrogens with one attached hydrogen (secondary N) is 2. The van der Waals surface area contributed by atoms with E-state index in [1.807, 2.05) is 0 Å². The minimum absolute atomic E-state index is 0.520. The zero-order chi connectivity index (χ0) is 14.8. The van der Waals surface area contributed by atoms with E-state index in [2.05, 4.69) is 43.2 Å². The zero-order valence-corrected chi connectivity index (χ0v) is 13.6.